The van der Waals surface area contributed by atoms with Gasteiger partial charge in [-0.2, -0.15) is 0 Å². The van der Waals surface area contributed by atoms with E-state index < -0.39 is 11.4 Å². The molecule has 0 radical (unpaired) electrons. The summed E-state index contributed by atoms with van der Waals surface area (Å²) in [5, 5.41) is 13.1. The third kappa shape index (κ3) is 2.42. The van der Waals surface area contributed by atoms with E-state index in [1.54, 1.807) is 18.2 Å². The summed E-state index contributed by atoms with van der Waals surface area (Å²) in [7, 11) is 0. The van der Waals surface area contributed by atoms with Gasteiger partial charge in [-0.3, -0.25) is 4.79 Å². The normalized spacial score (nSPS) is 16.9. The minimum atomic E-state index is -0.742. The van der Waals surface area contributed by atoms with Crippen molar-refractivity contribution in [2.24, 2.45) is 5.41 Å². The minimum Gasteiger partial charge on any atom is -0.481 e. The van der Waals surface area contributed by atoms with Gasteiger partial charge in [-0.15, -0.1) is 0 Å². The second-order valence-electron chi connectivity index (χ2n) is 4.10. The molecule has 0 bridgehead atoms. The van der Waals surface area contributed by atoms with Crippen LogP contribution in [-0.4, -0.2) is 17.6 Å². The highest BCUT2D eigenvalue weighted by molar-refractivity contribution is 6.35. The standard InChI is InChI=1S/C11H11Cl2NO2/c12-7-3-8(13)5-9(4-7)14-6-11(1-2-11)10(15)16/h3-5,14H,1-2,6H2,(H,15,16). The van der Waals surface area contributed by atoms with Gasteiger partial charge < -0.3 is 10.4 Å². The van der Waals surface area contributed by atoms with Crippen molar-refractivity contribution in [2.45, 2.75) is 12.8 Å². The van der Waals surface area contributed by atoms with E-state index in [9.17, 15) is 4.79 Å². The molecule has 1 aromatic rings. The molecule has 0 aliphatic heterocycles. The summed E-state index contributed by atoms with van der Waals surface area (Å²) in [6.07, 6.45) is 1.45. The number of rotatable bonds is 4. The second kappa shape index (κ2) is 4.15. The number of hydrogen-bond donors (Lipinski definition) is 2. The molecule has 0 heterocycles. The highest BCUT2D eigenvalue weighted by Crippen LogP contribution is 2.45. The van der Waals surface area contributed by atoms with Gasteiger partial charge in [0, 0.05) is 22.3 Å². The highest BCUT2D eigenvalue weighted by Gasteiger charge is 2.49. The van der Waals surface area contributed by atoms with Gasteiger partial charge in [0.15, 0.2) is 0 Å². The van der Waals surface area contributed by atoms with Crippen molar-refractivity contribution in [3.05, 3.63) is 28.2 Å². The van der Waals surface area contributed by atoms with Crippen molar-refractivity contribution in [1.29, 1.82) is 0 Å². The summed E-state index contributed by atoms with van der Waals surface area (Å²) in [5.41, 5.74) is 0.166. The Morgan fingerprint density at radius 1 is 1.31 bits per heavy atom. The van der Waals surface area contributed by atoms with Crippen LogP contribution in [0.5, 0.6) is 0 Å². The molecule has 1 aromatic carbocycles. The van der Waals surface area contributed by atoms with Crippen molar-refractivity contribution in [1.82, 2.24) is 0 Å². The first-order valence-electron chi connectivity index (χ1n) is 4.95. The van der Waals surface area contributed by atoms with E-state index >= 15 is 0 Å². The fraction of sp³-hybridized carbons (Fsp3) is 0.364. The molecule has 1 aliphatic rings. The molecule has 0 unspecified atom stereocenters. The van der Waals surface area contributed by atoms with Gasteiger partial charge in [0.2, 0.25) is 0 Å². The Bertz CT molecular complexity index is 410. The summed E-state index contributed by atoms with van der Waals surface area (Å²) >= 11 is 11.7. The van der Waals surface area contributed by atoms with Crippen molar-refractivity contribution < 1.29 is 9.90 Å². The monoisotopic (exact) mass is 259 g/mol. The van der Waals surface area contributed by atoms with E-state index in [2.05, 4.69) is 5.32 Å². The smallest absolute Gasteiger partial charge is 0.311 e. The fourth-order valence-electron chi connectivity index (χ4n) is 1.54. The molecule has 1 saturated carbocycles. The van der Waals surface area contributed by atoms with Crippen LogP contribution in [0.2, 0.25) is 10.0 Å². The Labute approximate surface area is 103 Å². The summed E-state index contributed by atoms with van der Waals surface area (Å²) in [4.78, 5) is 10.9. The molecule has 2 N–H and O–H groups in total. The lowest BCUT2D eigenvalue weighted by Crippen LogP contribution is -2.24. The lowest BCUT2D eigenvalue weighted by molar-refractivity contribution is -0.142. The topological polar surface area (TPSA) is 49.3 Å². The van der Waals surface area contributed by atoms with Gasteiger partial charge in [0.1, 0.15) is 0 Å². The maximum absolute atomic E-state index is 10.9. The molecule has 3 nitrogen and oxygen atoms in total. The number of aliphatic carboxylic acids is 1. The summed E-state index contributed by atoms with van der Waals surface area (Å²) in [6, 6.07) is 5.09. The number of halogens is 2. The van der Waals surface area contributed by atoms with Gasteiger partial charge >= 0.3 is 5.97 Å². The average molecular weight is 260 g/mol. The van der Waals surface area contributed by atoms with Crippen LogP contribution in [0.25, 0.3) is 0 Å². The SMILES string of the molecule is O=C(O)C1(CNc2cc(Cl)cc(Cl)c2)CC1. The fourth-order valence-corrected chi connectivity index (χ4v) is 2.07. The second-order valence-corrected chi connectivity index (χ2v) is 4.97. The number of benzene rings is 1. The molecule has 86 valence electrons. The molecule has 2 rings (SSSR count). The zero-order valence-corrected chi connectivity index (χ0v) is 9.98. The van der Waals surface area contributed by atoms with Gasteiger partial charge in [0.25, 0.3) is 0 Å². The first kappa shape index (κ1) is 11.6. The van der Waals surface area contributed by atoms with Crippen molar-refractivity contribution in [3.63, 3.8) is 0 Å². The molecule has 16 heavy (non-hydrogen) atoms. The molecule has 1 fully saturated rings. The number of carboxylic acid groups (broad SMARTS) is 1. The Hall–Kier alpha value is -0.930. The largest absolute Gasteiger partial charge is 0.481 e. The van der Waals surface area contributed by atoms with Crippen LogP contribution in [-0.2, 0) is 4.79 Å². The molecule has 0 atom stereocenters. The van der Waals surface area contributed by atoms with Gasteiger partial charge in [-0.1, -0.05) is 23.2 Å². The lowest BCUT2D eigenvalue weighted by atomic mass is 10.1. The Balaban J connectivity index is 2.02. The highest BCUT2D eigenvalue weighted by atomic mass is 35.5. The number of carbonyl (C=O) groups is 1. The zero-order chi connectivity index (χ0) is 11.8. The average Bonchev–Trinajstić information content (AvgIpc) is 2.94. The summed E-state index contributed by atoms with van der Waals surface area (Å²) in [5.74, 6) is -0.742. The molecule has 0 saturated heterocycles. The molecule has 1 aliphatic carbocycles. The Morgan fingerprint density at radius 2 is 1.88 bits per heavy atom. The van der Waals surface area contributed by atoms with E-state index in [4.69, 9.17) is 28.3 Å². The van der Waals surface area contributed by atoms with E-state index in [1.165, 1.54) is 0 Å². The maximum Gasteiger partial charge on any atom is 0.311 e. The summed E-state index contributed by atoms with van der Waals surface area (Å²) in [6.45, 7) is 0.416. The Kier molecular flexibility index (Phi) is 3.00. The number of carboxylic acids is 1. The van der Waals surface area contributed by atoms with Gasteiger partial charge in [0.05, 0.1) is 5.41 Å². The predicted octanol–water partition coefficient (Wildman–Crippen LogP) is 3.27. The molecular formula is C11H11Cl2NO2. The maximum atomic E-state index is 10.9. The predicted molar refractivity (Wildman–Crippen MR) is 64.3 cm³/mol. The third-order valence-electron chi connectivity index (χ3n) is 2.80. The minimum absolute atomic E-state index is 0.416. The van der Waals surface area contributed by atoms with E-state index in [0.29, 0.717) is 16.6 Å². The van der Waals surface area contributed by atoms with Crippen LogP contribution < -0.4 is 5.32 Å². The molecule has 5 heteroatoms. The van der Waals surface area contributed by atoms with Crippen LogP contribution >= 0.6 is 23.2 Å². The van der Waals surface area contributed by atoms with E-state index in [1.807, 2.05) is 0 Å². The summed E-state index contributed by atoms with van der Waals surface area (Å²) < 4.78 is 0. The molecule has 0 spiro atoms. The van der Waals surface area contributed by atoms with Crippen LogP contribution in [0.3, 0.4) is 0 Å². The molecular weight excluding hydrogens is 249 g/mol. The number of anilines is 1. The first-order valence-corrected chi connectivity index (χ1v) is 5.71. The Morgan fingerprint density at radius 3 is 2.31 bits per heavy atom. The van der Waals surface area contributed by atoms with Crippen LogP contribution in [0.4, 0.5) is 5.69 Å². The van der Waals surface area contributed by atoms with Crippen LogP contribution in [0.1, 0.15) is 12.8 Å². The zero-order valence-electron chi connectivity index (χ0n) is 8.46. The van der Waals surface area contributed by atoms with Gasteiger partial charge in [-0.05, 0) is 31.0 Å². The quantitative estimate of drug-likeness (QED) is 0.873. The number of hydrogen-bond acceptors (Lipinski definition) is 2. The van der Waals surface area contributed by atoms with E-state index in [0.717, 1.165) is 18.5 Å². The third-order valence-corrected chi connectivity index (χ3v) is 3.24. The number of nitrogens with one attached hydrogen (secondary N) is 1. The molecule has 0 amide bonds. The molecule has 0 aromatic heterocycles. The van der Waals surface area contributed by atoms with Crippen molar-refractivity contribution in [2.75, 3.05) is 11.9 Å². The lowest BCUT2D eigenvalue weighted by Gasteiger charge is -2.12. The van der Waals surface area contributed by atoms with Crippen molar-refractivity contribution in [3.8, 4) is 0 Å². The van der Waals surface area contributed by atoms with Crippen molar-refractivity contribution >= 4 is 34.9 Å². The van der Waals surface area contributed by atoms with E-state index in [-0.39, 0.29) is 0 Å². The van der Waals surface area contributed by atoms with Crippen LogP contribution in [0.15, 0.2) is 18.2 Å². The van der Waals surface area contributed by atoms with Crippen LogP contribution in [0, 0.1) is 5.41 Å². The van der Waals surface area contributed by atoms with Gasteiger partial charge in [-0.25, -0.2) is 0 Å². The first-order chi connectivity index (χ1) is 7.52.